The molecule has 2 aliphatic heterocycles. The van der Waals surface area contributed by atoms with E-state index >= 15 is 0 Å². The molecule has 5 heteroatoms. The highest BCUT2D eigenvalue weighted by Gasteiger charge is 2.40. The minimum Gasteiger partial charge on any atom is -0.456 e. The van der Waals surface area contributed by atoms with Crippen LogP contribution in [0.3, 0.4) is 0 Å². The minimum atomic E-state index is 0.0825. The molecule has 3 aromatic rings. The Morgan fingerprint density at radius 1 is 1.07 bits per heavy atom. The summed E-state index contributed by atoms with van der Waals surface area (Å²) < 4.78 is 6.23. The van der Waals surface area contributed by atoms with Gasteiger partial charge in [-0.1, -0.05) is 36.4 Å². The Kier molecular flexibility index (Phi) is 4.37. The maximum absolute atomic E-state index is 11.9. The molecule has 5 rings (SSSR count). The second-order valence-electron chi connectivity index (χ2n) is 8.35. The maximum Gasteiger partial charge on any atom is 0.220 e. The van der Waals surface area contributed by atoms with E-state index in [0.717, 1.165) is 56.7 Å². The first kappa shape index (κ1) is 17.7. The van der Waals surface area contributed by atoms with E-state index in [-0.39, 0.29) is 11.4 Å². The number of piperazine rings is 1. The largest absolute Gasteiger partial charge is 0.456 e. The molecule has 1 unspecified atom stereocenters. The van der Waals surface area contributed by atoms with Gasteiger partial charge in [0.15, 0.2) is 0 Å². The smallest absolute Gasteiger partial charge is 0.220 e. The second kappa shape index (κ2) is 6.90. The van der Waals surface area contributed by atoms with Crippen molar-refractivity contribution in [3.63, 3.8) is 0 Å². The number of para-hydroxylation sites is 2. The maximum atomic E-state index is 11.9. The van der Waals surface area contributed by atoms with Crippen molar-refractivity contribution in [2.24, 2.45) is 0 Å². The Morgan fingerprint density at radius 3 is 2.86 bits per heavy atom. The Bertz CT molecular complexity index is 1030. The van der Waals surface area contributed by atoms with Crippen LogP contribution in [-0.4, -0.2) is 54.5 Å². The van der Waals surface area contributed by atoms with Crippen molar-refractivity contribution in [1.82, 2.24) is 15.1 Å². The molecule has 2 fully saturated rings. The highest BCUT2D eigenvalue weighted by molar-refractivity contribution is 6.05. The Balaban J connectivity index is 1.44. The lowest BCUT2D eigenvalue weighted by Gasteiger charge is -2.49. The summed E-state index contributed by atoms with van der Waals surface area (Å²) in [5, 5.41) is 5.42. The molecular formula is C23H27N3O2. The van der Waals surface area contributed by atoms with Gasteiger partial charge in [0.2, 0.25) is 5.91 Å². The highest BCUT2D eigenvalue weighted by atomic mass is 16.3. The van der Waals surface area contributed by atoms with Crippen LogP contribution in [0.2, 0.25) is 0 Å². The van der Waals surface area contributed by atoms with Crippen molar-refractivity contribution >= 4 is 27.8 Å². The summed E-state index contributed by atoms with van der Waals surface area (Å²) in [6, 6.07) is 14.7. The van der Waals surface area contributed by atoms with E-state index < -0.39 is 0 Å². The second-order valence-corrected chi connectivity index (χ2v) is 8.35. The van der Waals surface area contributed by atoms with Gasteiger partial charge in [-0.15, -0.1) is 0 Å². The number of rotatable bonds is 2. The fourth-order valence-corrected chi connectivity index (χ4v) is 4.98. The molecule has 1 aromatic heterocycles. The molecule has 0 aliphatic carbocycles. The van der Waals surface area contributed by atoms with Crippen LogP contribution in [0, 0.1) is 0 Å². The van der Waals surface area contributed by atoms with Gasteiger partial charge in [0.25, 0.3) is 0 Å². The average Bonchev–Trinajstić information content (AvgIpc) is 2.99. The summed E-state index contributed by atoms with van der Waals surface area (Å²) in [5.74, 6) is 0.189. The Morgan fingerprint density at radius 2 is 1.93 bits per heavy atom. The van der Waals surface area contributed by atoms with Gasteiger partial charge in [0.1, 0.15) is 11.2 Å². The van der Waals surface area contributed by atoms with Crippen molar-refractivity contribution in [2.45, 2.75) is 31.3 Å². The SMILES string of the molecule is CN1CCN(Cc2cccc3c2oc2ccccc23)CC12CCNC(=O)CC2. The molecule has 2 aliphatic rings. The number of carbonyl (C=O) groups excluding carboxylic acids is 1. The summed E-state index contributed by atoms with van der Waals surface area (Å²) in [5.41, 5.74) is 3.29. The molecule has 28 heavy (non-hydrogen) atoms. The molecule has 0 bridgehead atoms. The van der Waals surface area contributed by atoms with Crippen LogP contribution in [0.5, 0.6) is 0 Å². The Hall–Kier alpha value is -2.37. The van der Waals surface area contributed by atoms with E-state index in [4.69, 9.17) is 4.42 Å². The van der Waals surface area contributed by atoms with Crippen molar-refractivity contribution in [2.75, 3.05) is 33.2 Å². The van der Waals surface area contributed by atoms with Gasteiger partial charge in [0.05, 0.1) is 0 Å². The monoisotopic (exact) mass is 377 g/mol. The lowest BCUT2D eigenvalue weighted by Crippen LogP contribution is -2.60. The van der Waals surface area contributed by atoms with E-state index in [0.29, 0.717) is 6.42 Å². The van der Waals surface area contributed by atoms with Gasteiger partial charge < -0.3 is 9.73 Å². The lowest BCUT2D eigenvalue weighted by atomic mass is 9.86. The summed E-state index contributed by atoms with van der Waals surface area (Å²) in [4.78, 5) is 16.9. The van der Waals surface area contributed by atoms with Gasteiger partial charge in [-0.3, -0.25) is 14.6 Å². The van der Waals surface area contributed by atoms with Crippen LogP contribution in [0.4, 0.5) is 0 Å². The van der Waals surface area contributed by atoms with Crippen molar-refractivity contribution in [1.29, 1.82) is 0 Å². The van der Waals surface area contributed by atoms with E-state index in [1.54, 1.807) is 0 Å². The van der Waals surface area contributed by atoms with E-state index in [9.17, 15) is 4.79 Å². The first-order valence-corrected chi connectivity index (χ1v) is 10.2. The van der Waals surface area contributed by atoms with Crippen LogP contribution in [0.1, 0.15) is 24.8 Å². The standard InChI is InChI=1S/C23H27N3O2/c1-25-13-14-26(16-23(25)10-9-21(27)24-12-11-23)15-17-5-4-7-19-18-6-2-3-8-20(18)28-22(17)19/h2-8H,9-16H2,1H3,(H,24,27). The summed E-state index contributed by atoms with van der Waals surface area (Å²) in [6.45, 7) is 4.72. The predicted molar refractivity (Wildman–Crippen MR) is 111 cm³/mol. The molecule has 1 spiro atoms. The molecule has 1 N–H and O–H groups in total. The van der Waals surface area contributed by atoms with Crippen LogP contribution in [0.15, 0.2) is 46.9 Å². The number of likely N-dealkylation sites (N-methyl/N-ethyl adjacent to an activating group) is 1. The zero-order chi connectivity index (χ0) is 19.1. The molecule has 5 nitrogen and oxygen atoms in total. The van der Waals surface area contributed by atoms with Gasteiger partial charge in [0, 0.05) is 61.0 Å². The van der Waals surface area contributed by atoms with E-state index in [1.807, 2.05) is 12.1 Å². The van der Waals surface area contributed by atoms with Crippen molar-refractivity contribution in [3.05, 3.63) is 48.0 Å². The summed E-state index contributed by atoms with van der Waals surface area (Å²) >= 11 is 0. The van der Waals surface area contributed by atoms with Crippen LogP contribution >= 0.6 is 0 Å². The van der Waals surface area contributed by atoms with Crippen molar-refractivity contribution < 1.29 is 9.21 Å². The number of carbonyl (C=O) groups is 1. The van der Waals surface area contributed by atoms with Gasteiger partial charge >= 0.3 is 0 Å². The fraction of sp³-hybridized carbons (Fsp3) is 0.435. The molecule has 1 amide bonds. The number of benzene rings is 2. The molecule has 2 aromatic carbocycles. The first-order chi connectivity index (χ1) is 13.6. The fourth-order valence-electron chi connectivity index (χ4n) is 4.98. The van der Waals surface area contributed by atoms with E-state index in [2.05, 4.69) is 52.5 Å². The number of fused-ring (bicyclic) bond motifs is 3. The van der Waals surface area contributed by atoms with E-state index in [1.165, 1.54) is 16.3 Å². The minimum absolute atomic E-state index is 0.0825. The zero-order valence-electron chi connectivity index (χ0n) is 16.4. The third-order valence-electron chi connectivity index (χ3n) is 6.69. The number of hydrogen-bond donors (Lipinski definition) is 1. The predicted octanol–water partition coefficient (Wildman–Crippen LogP) is 3.37. The van der Waals surface area contributed by atoms with Crippen molar-refractivity contribution in [3.8, 4) is 0 Å². The quantitative estimate of drug-likeness (QED) is 0.744. The number of nitrogens with one attached hydrogen (secondary N) is 1. The number of hydrogen-bond acceptors (Lipinski definition) is 4. The molecule has 1 atom stereocenters. The number of nitrogens with zero attached hydrogens (tertiary/aromatic N) is 2. The lowest BCUT2D eigenvalue weighted by molar-refractivity contribution is -0.121. The number of furan rings is 1. The summed E-state index contributed by atoms with van der Waals surface area (Å²) in [7, 11) is 2.22. The third kappa shape index (κ3) is 2.99. The third-order valence-corrected chi connectivity index (χ3v) is 6.69. The van der Waals surface area contributed by atoms with Crippen LogP contribution < -0.4 is 5.32 Å². The number of amides is 1. The van der Waals surface area contributed by atoms with Gasteiger partial charge in [-0.2, -0.15) is 0 Å². The van der Waals surface area contributed by atoms with Gasteiger partial charge in [-0.25, -0.2) is 0 Å². The molecule has 2 saturated heterocycles. The van der Waals surface area contributed by atoms with Crippen LogP contribution in [-0.2, 0) is 11.3 Å². The molecule has 0 saturated carbocycles. The van der Waals surface area contributed by atoms with Crippen LogP contribution in [0.25, 0.3) is 21.9 Å². The van der Waals surface area contributed by atoms with Gasteiger partial charge in [-0.05, 0) is 26.0 Å². The normalized spacial score (nSPS) is 24.7. The first-order valence-electron chi connectivity index (χ1n) is 10.2. The average molecular weight is 377 g/mol. The Labute approximate surface area is 165 Å². The topological polar surface area (TPSA) is 48.7 Å². The highest BCUT2D eigenvalue weighted by Crippen LogP contribution is 2.34. The zero-order valence-corrected chi connectivity index (χ0v) is 16.4. The molecule has 146 valence electrons. The summed E-state index contributed by atoms with van der Waals surface area (Å²) in [6.07, 6.45) is 2.57. The molecule has 0 radical (unpaired) electrons. The molecular weight excluding hydrogens is 350 g/mol. The molecule has 3 heterocycles.